The van der Waals surface area contributed by atoms with Gasteiger partial charge in [0.15, 0.2) is 0 Å². The maximum absolute atomic E-state index is 11.7. The highest BCUT2D eigenvalue weighted by molar-refractivity contribution is 7.93. The van der Waals surface area contributed by atoms with Crippen LogP contribution in [0.15, 0.2) is 16.6 Å². The summed E-state index contributed by atoms with van der Waals surface area (Å²) in [5.74, 6) is 0. The van der Waals surface area contributed by atoms with E-state index in [0.717, 1.165) is 11.3 Å². The molecule has 0 unspecified atom stereocenters. The molecule has 2 aromatic rings. The van der Waals surface area contributed by atoms with Crippen LogP contribution in [0, 0.1) is 6.92 Å². The Hall–Kier alpha value is -1.48. The number of sulfonamides is 1. The lowest BCUT2D eigenvalue weighted by atomic mass is 10.5. The van der Waals surface area contributed by atoms with Crippen molar-refractivity contribution >= 4 is 26.5 Å². The maximum Gasteiger partial charge on any atom is 0.267 e. The number of nitrogens with zero attached hydrogens (tertiary/aromatic N) is 3. The van der Waals surface area contributed by atoms with Gasteiger partial charge in [0.1, 0.15) is 10.4 Å². The van der Waals surface area contributed by atoms with E-state index in [0.29, 0.717) is 5.69 Å². The van der Waals surface area contributed by atoms with Crippen LogP contribution in [0.4, 0.5) is 5.13 Å². The standard InChI is InChI=1S/C6H7N5O2S2/c1-4-5(2-7-9-4)15(12,13)11-6-10-8-3-14-6/h2-3H,1H3,(H,7,9)(H,10,11). The fraction of sp³-hybridized carbons (Fsp3) is 0.167. The molecule has 15 heavy (non-hydrogen) atoms. The molecule has 0 radical (unpaired) electrons. The first kappa shape index (κ1) is 10.1. The average Bonchev–Trinajstić information content (AvgIpc) is 2.75. The number of anilines is 1. The molecule has 9 heteroatoms. The minimum Gasteiger partial charge on any atom is -0.281 e. The van der Waals surface area contributed by atoms with Gasteiger partial charge in [-0.1, -0.05) is 11.3 Å². The number of aromatic nitrogens is 4. The Morgan fingerprint density at radius 1 is 1.53 bits per heavy atom. The zero-order valence-electron chi connectivity index (χ0n) is 7.63. The van der Waals surface area contributed by atoms with Gasteiger partial charge in [-0.15, -0.1) is 10.2 Å². The molecule has 0 aliphatic rings. The molecule has 0 saturated carbocycles. The second-order valence-electron chi connectivity index (χ2n) is 2.71. The molecule has 0 saturated heterocycles. The van der Waals surface area contributed by atoms with Crippen LogP contribution in [0.25, 0.3) is 0 Å². The van der Waals surface area contributed by atoms with Crippen LogP contribution >= 0.6 is 11.3 Å². The van der Waals surface area contributed by atoms with Gasteiger partial charge in [-0.25, -0.2) is 8.42 Å². The van der Waals surface area contributed by atoms with Gasteiger partial charge in [0.05, 0.1) is 11.9 Å². The third kappa shape index (κ3) is 1.97. The van der Waals surface area contributed by atoms with Crippen LogP contribution in [0.1, 0.15) is 5.69 Å². The van der Waals surface area contributed by atoms with Crippen molar-refractivity contribution in [3.8, 4) is 0 Å². The minimum absolute atomic E-state index is 0.109. The molecule has 2 N–H and O–H groups in total. The van der Waals surface area contributed by atoms with Gasteiger partial charge in [0.2, 0.25) is 5.13 Å². The van der Waals surface area contributed by atoms with E-state index in [9.17, 15) is 8.42 Å². The van der Waals surface area contributed by atoms with E-state index in [1.54, 1.807) is 6.92 Å². The normalized spacial score (nSPS) is 11.5. The number of hydrogen-bond donors (Lipinski definition) is 2. The van der Waals surface area contributed by atoms with E-state index < -0.39 is 10.0 Å². The van der Waals surface area contributed by atoms with E-state index in [1.807, 2.05) is 0 Å². The fourth-order valence-electron chi connectivity index (χ4n) is 0.998. The second-order valence-corrected chi connectivity index (χ2v) is 5.19. The number of H-pyrrole nitrogens is 1. The van der Waals surface area contributed by atoms with Crippen molar-refractivity contribution in [3.05, 3.63) is 17.4 Å². The summed E-state index contributed by atoms with van der Waals surface area (Å²) < 4.78 is 25.8. The predicted molar refractivity (Wildman–Crippen MR) is 54.0 cm³/mol. The molecule has 0 atom stereocenters. The fourth-order valence-corrected chi connectivity index (χ4v) is 2.83. The molecule has 7 nitrogen and oxygen atoms in total. The number of hydrogen-bond acceptors (Lipinski definition) is 6. The number of aromatic amines is 1. The van der Waals surface area contributed by atoms with Crippen LogP contribution in [0.5, 0.6) is 0 Å². The molecule has 0 bridgehead atoms. The average molecular weight is 245 g/mol. The van der Waals surface area contributed by atoms with Crippen LogP contribution in [-0.4, -0.2) is 28.8 Å². The summed E-state index contributed by atoms with van der Waals surface area (Å²) in [7, 11) is -3.61. The predicted octanol–water partition coefficient (Wildman–Crippen LogP) is 0.370. The summed E-state index contributed by atoms with van der Waals surface area (Å²) in [6.45, 7) is 1.63. The Kier molecular flexibility index (Phi) is 2.40. The van der Waals surface area contributed by atoms with Crippen LogP contribution in [0.3, 0.4) is 0 Å². The van der Waals surface area contributed by atoms with Gasteiger partial charge < -0.3 is 0 Å². The molecule has 0 spiro atoms. The second kappa shape index (κ2) is 3.59. The maximum atomic E-state index is 11.7. The molecule has 0 fully saturated rings. The smallest absolute Gasteiger partial charge is 0.267 e. The van der Waals surface area contributed by atoms with E-state index in [4.69, 9.17) is 0 Å². The van der Waals surface area contributed by atoms with Crippen molar-refractivity contribution in [1.29, 1.82) is 0 Å². The Morgan fingerprint density at radius 2 is 2.33 bits per heavy atom. The first-order valence-corrected chi connectivity index (χ1v) is 6.25. The van der Waals surface area contributed by atoms with Gasteiger partial charge >= 0.3 is 0 Å². The van der Waals surface area contributed by atoms with Gasteiger partial charge in [0, 0.05) is 0 Å². The summed E-state index contributed by atoms with van der Waals surface area (Å²) in [6.07, 6.45) is 1.25. The van der Waals surface area contributed by atoms with Crippen molar-refractivity contribution in [3.63, 3.8) is 0 Å². The number of aryl methyl sites for hydroxylation is 1. The van der Waals surface area contributed by atoms with E-state index in [1.165, 1.54) is 11.7 Å². The third-order valence-corrected chi connectivity index (χ3v) is 3.84. The number of nitrogens with one attached hydrogen (secondary N) is 2. The van der Waals surface area contributed by atoms with Crippen molar-refractivity contribution in [1.82, 2.24) is 20.4 Å². The van der Waals surface area contributed by atoms with E-state index in [2.05, 4.69) is 25.1 Å². The molecular weight excluding hydrogens is 238 g/mol. The first-order valence-electron chi connectivity index (χ1n) is 3.88. The molecule has 2 aromatic heterocycles. The molecule has 0 aromatic carbocycles. The lowest BCUT2D eigenvalue weighted by Gasteiger charge is -2.01. The highest BCUT2D eigenvalue weighted by Crippen LogP contribution is 2.17. The zero-order chi connectivity index (χ0) is 10.9. The largest absolute Gasteiger partial charge is 0.281 e. The first-order chi connectivity index (χ1) is 7.09. The SMILES string of the molecule is Cc1[nH]ncc1S(=O)(=O)Nc1nncs1. The lowest BCUT2D eigenvalue weighted by molar-refractivity contribution is 0.600. The Labute approximate surface area is 89.6 Å². The molecule has 2 rings (SSSR count). The molecule has 0 aliphatic carbocycles. The summed E-state index contributed by atoms with van der Waals surface area (Å²) >= 11 is 1.11. The lowest BCUT2D eigenvalue weighted by Crippen LogP contribution is -2.13. The third-order valence-electron chi connectivity index (χ3n) is 1.65. The van der Waals surface area contributed by atoms with E-state index >= 15 is 0 Å². The topological polar surface area (TPSA) is 101 Å². The van der Waals surface area contributed by atoms with Crippen LogP contribution in [-0.2, 0) is 10.0 Å². The molecule has 80 valence electrons. The summed E-state index contributed by atoms with van der Waals surface area (Å²) in [4.78, 5) is 0.109. The highest BCUT2D eigenvalue weighted by Gasteiger charge is 2.19. The van der Waals surface area contributed by atoms with Crippen molar-refractivity contribution in [2.24, 2.45) is 0 Å². The van der Waals surface area contributed by atoms with Crippen LogP contribution in [0.2, 0.25) is 0 Å². The Bertz CT molecular complexity index is 544. The monoisotopic (exact) mass is 245 g/mol. The Balaban J connectivity index is 2.33. The van der Waals surface area contributed by atoms with Crippen LogP contribution < -0.4 is 4.72 Å². The molecular formula is C6H7N5O2S2. The molecule has 0 amide bonds. The van der Waals surface area contributed by atoms with Gasteiger partial charge in [0.25, 0.3) is 10.0 Å². The highest BCUT2D eigenvalue weighted by atomic mass is 32.2. The van der Waals surface area contributed by atoms with Gasteiger partial charge in [-0.05, 0) is 6.92 Å². The summed E-state index contributed by atoms with van der Waals surface area (Å²) in [6, 6.07) is 0. The minimum atomic E-state index is -3.61. The number of rotatable bonds is 3. The summed E-state index contributed by atoms with van der Waals surface area (Å²) in [5, 5.41) is 13.5. The van der Waals surface area contributed by atoms with Gasteiger partial charge in [-0.2, -0.15) is 5.10 Å². The molecule has 2 heterocycles. The molecule has 0 aliphatic heterocycles. The van der Waals surface area contributed by atoms with Gasteiger partial charge in [-0.3, -0.25) is 9.82 Å². The van der Waals surface area contributed by atoms with E-state index in [-0.39, 0.29) is 10.0 Å². The van der Waals surface area contributed by atoms with Crippen molar-refractivity contribution in [2.45, 2.75) is 11.8 Å². The van der Waals surface area contributed by atoms with Crippen molar-refractivity contribution in [2.75, 3.05) is 4.72 Å². The Morgan fingerprint density at radius 3 is 2.87 bits per heavy atom. The zero-order valence-corrected chi connectivity index (χ0v) is 9.26. The summed E-state index contributed by atoms with van der Waals surface area (Å²) in [5.41, 5.74) is 1.92. The van der Waals surface area contributed by atoms with Crippen molar-refractivity contribution < 1.29 is 8.42 Å². The quantitative estimate of drug-likeness (QED) is 0.813.